The van der Waals surface area contributed by atoms with Crippen LogP contribution in [0.2, 0.25) is 0 Å². The second kappa shape index (κ2) is 6.11. The van der Waals surface area contributed by atoms with E-state index in [4.69, 9.17) is 0 Å². The van der Waals surface area contributed by atoms with Gasteiger partial charge in [-0.1, -0.05) is 18.2 Å². The van der Waals surface area contributed by atoms with Crippen LogP contribution in [-0.4, -0.2) is 57.7 Å². The second-order valence-electron chi connectivity index (χ2n) is 7.48. The highest BCUT2D eigenvalue weighted by molar-refractivity contribution is 5.98. The van der Waals surface area contributed by atoms with Gasteiger partial charge in [0.25, 0.3) is 0 Å². The van der Waals surface area contributed by atoms with Gasteiger partial charge in [0.2, 0.25) is 17.7 Å². The molecule has 2 aliphatic heterocycles. The number of aromatic amines is 1. The van der Waals surface area contributed by atoms with Crippen molar-refractivity contribution in [2.45, 2.75) is 44.8 Å². The monoisotopic (exact) mass is 368 g/mol. The van der Waals surface area contributed by atoms with Gasteiger partial charge in [-0.2, -0.15) is 0 Å². The van der Waals surface area contributed by atoms with E-state index in [1.807, 2.05) is 24.3 Å². The lowest BCUT2D eigenvalue weighted by atomic mass is 9.82. The number of aromatic nitrogens is 1. The van der Waals surface area contributed by atoms with Gasteiger partial charge in [-0.15, -0.1) is 0 Å². The first kappa shape index (κ1) is 17.6. The smallest absolute Gasteiger partial charge is 0.249 e. The molecular weight excluding hydrogens is 344 g/mol. The van der Waals surface area contributed by atoms with E-state index in [0.717, 1.165) is 22.2 Å². The van der Waals surface area contributed by atoms with Crippen molar-refractivity contribution in [2.75, 3.05) is 13.6 Å². The summed E-state index contributed by atoms with van der Waals surface area (Å²) in [4.78, 5) is 44.7. The molecule has 2 aromatic rings. The van der Waals surface area contributed by atoms with E-state index < -0.39 is 11.6 Å². The summed E-state index contributed by atoms with van der Waals surface area (Å²) in [6.07, 6.45) is 1.01. The Balaban J connectivity index is 1.78. The molecule has 3 heterocycles. The molecule has 0 saturated carbocycles. The predicted molar refractivity (Wildman–Crippen MR) is 101 cm³/mol. The Morgan fingerprint density at radius 3 is 2.74 bits per heavy atom. The van der Waals surface area contributed by atoms with Gasteiger partial charge in [-0.05, 0) is 25.0 Å². The van der Waals surface area contributed by atoms with Crippen molar-refractivity contribution in [3.63, 3.8) is 0 Å². The number of amides is 3. The molecule has 1 fully saturated rings. The Hall–Kier alpha value is -2.83. The highest BCUT2D eigenvalue weighted by Gasteiger charge is 2.55. The average Bonchev–Trinajstić information content (AvgIpc) is 3.18. The topological polar surface area (TPSA) is 85.5 Å². The molecule has 2 aliphatic rings. The van der Waals surface area contributed by atoms with Crippen LogP contribution in [0.25, 0.3) is 10.9 Å². The number of likely N-dealkylation sites (N-methyl/N-ethyl adjacent to an activating group) is 1. The number of hydrogen-bond acceptors (Lipinski definition) is 3. The zero-order valence-corrected chi connectivity index (χ0v) is 15.8. The maximum atomic E-state index is 13.5. The van der Waals surface area contributed by atoms with Crippen LogP contribution < -0.4 is 5.32 Å². The standard InChI is InChI=1S/C20H24N4O3/c1-12(18(26)21-3)23-9-8-20(19(23)27)10-15-14-6-4-5-7-16(14)22-17(15)11-24(20)13(2)25/h4-7,12,22H,8-11H2,1-3H3,(H,21,26). The third-order valence-electron chi connectivity index (χ3n) is 6.10. The number of rotatable bonds is 2. The van der Waals surface area contributed by atoms with Crippen LogP contribution in [0.15, 0.2) is 24.3 Å². The van der Waals surface area contributed by atoms with Gasteiger partial charge < -0.3 is 20.1 Å². The molecule has 1 aromatic carbocycles. The highest BCUT2D eigenvalue weighted by Crippen LogP contribution is 2.41. The Kier molecular flexibility index (Phi) is 3.98. The molecule has 1 spiro atoms. The summed E-state index contributed by atoms with van der Waals surface area (Å²) in [6, 6.07) is 7.45. The van der Waals surface area contributed by atoms with Crippen LogP contribution in [0.1, 0.15) is 31.5 Å². The minimum atomic E-state index is -0.911. The molecule has 142 valence electrons. The van der Waals surface area contributed by atoms with E-state index >= 15 is 0 Å². The molecule has 27 heavy (non-hydrogen) atoms. The van der Waals surface area contributed by atoms with Crippen LogP contribution in [0.4, 0.5) is 0 Å². The van der Waals surface area contributed by atoms with Gasteiger partial charge in [-0.3, -0.25) is 14.4 Å². The van der Waals surface area contributed by atoms with Crippen molar-refractivity contribution < 1.29 is 14.4 Å². The number of hydrogen-bond donors (Lipinski definition) is 2. The summed E-state index contributed by atoms with van der Waals surface area (Å²) < 4.78 is 0. The molecule has 2 N–H and O–H groups in total. The zero-order chi connectivity index (χ0) is 19.3. The molecule has 2 atom stereocenters. The number of fused-ring (bicyclic) bond motifs is 3. The number of para-hydroxylation sites is 1. The fourth-order valence-electron chi connectivity index (χ4n) is 4.62. The molecule has 1 saturated heterocycles. The predicted octanol–water partition coefficient (Wildman–Crippen LogP) is 1.18. The Morgan fingerprint density at radius 2 is 2.04 bits per heavy atom. The van der Waals surface area contributed by atoms with E-state index in [9.17, 15) is 14.4 Å². The van der Waals surface area contributed by atoms with Crippen molar-refractivity contribution in [3.8, 4) is 0 Å². The van der Waals surface area contributed by atoms with Gasteiger partial charge in [0.1, 0.15) is 11.6 Å². The normalized spacial score (nSPS) is 23.0. The summed E-state index contributed by atoms with van der Waals surface area (Å²) in [5.41, 5.74) is 2.20. The quantitative estimate of drug-likeness (QED) is 0.835. The molecule has 4 rings (SSSR count). The van der Waals surface area contributed by atoms with Gasteiger partial charge in [0.05, 0.1) is 6.54 Å². The average molecular weight is 368 g/mol. The van der Waals surface area contributed by atoms with Crippen LogP contribution in [-0.2, 0) is 27.3 Å². The Morgan fingerprint density at radius 1 is 1.30 bits per heavy atom. The lowest BCUT2D eigenvalue weighted by molar-refractivity contribution is -0.151. The van der Waals surface area contributed by atoms with Crippen LogP contribution in [0.5, 0.6) is 0 Å². The Labute approximate surface area is 157 Å². The minimum absolute atomic E-state index is 0.123. The minimum Gasteiger partial charge on any atom is -0.357 e. The molecule has 2 unspecified atom stereocenters. The van der Waals surface area contributed by atoms with Crippen molar-refractivity contribution >= 4 is 28.6 Å². The molecule has 1 aromatic heterocycles. The van der Waals surface area contributed by atoms with Gasteiger partial charge in [0.15, 0.2) is 0 Å². The van der Waals surface area contributed by atoms with E-state index in [-0.39, 0.29) is 17.7 Å². The lowest BCUT2D eigenvalue weighted by Crippen LogP contribution is -2.60. The summed E-state index contributed by atoms with van der Waals surface area (Å²) in [7, 11) is 1.57. The number of carbonyl (C=O) groups excluding carboxylic acids is 3. The molecule has 0 radical (unpaired) electrons. The van der Waals surface area contributed by atoms with Crippen LogP contribution >= 0.6 is 0 Å². The third-order valence-corrected chi connectivity index (χ3v) is 6.10. The molecule has 0 aliphatic carbocycles. The third kappa shape index (κ3) is 2.44. The molecule has 0 bridgehead atoms. The van der Waals surface area contributed by atoms with Crippen molar-refractivity contribution in [2.24, 2.45) is 0 Å². The van der Waals surface area contributed by atoms with Crippen molar-refractivity contribution in [3.05, 3.63) is 35.5 Å². The highest BCUT2D eigenvalue weighted by atomic mass is 16.2. The lowest BCUT2D eigenvalue weighted by Gasteiger charge is -2.43. The van der Waals surface area contributed by atoms with E-state index in [1.165, 1.54) is 6.92 Å². The maximum absolute atomic E-state index is 13.5. The molecule has 7 nitrogen and oxygen atoms in total. The SMILES string of the molecule is CNC(=O)C(C)N1CCC2(Cc3c([nH]c4ccccc34)CN2C(C)=O)C1=O. The first-order valence-electron chi connectivity index (χ1n) is 9.28. The summed E-state index contributed by atoms with van der Waals surface area (Å²) in [5, 5.41) is 3.70. The number of nitrogens with zero attached hydrogens (tertiary/aromatic N) is 2. The van der Waals surface area contributed by atoms with Gasteiger partial charge in [-0.25, -0.2) is 0 Å². The van der Waals surface area contributed by atoms with Crippen molar-refractivity contribution in [1.82, 2.24) is 20.1 Å². The Bertz CT molecular complexity index is 950. The van der Waals surface area contributed by atoms with Gasteiger partial charge in [0, 0.05) is 43.5 Å². The zero-order valence-electron chi connectivity index (χ0n) is 15.8. The fourth-order valence-corrected chi connectivity index (χ4v) is 4.62. The molecule has 3 amide bonds. The van der Waals surface area contributed by atoms with Crippen molar-refractivity contribution in [1.29, 1.82) is 0 Å². The van der Waals surface area contributed by atoms with E-state index in [1.54, 1.807) is 23.8 Å². The number of benzene rings is 1. The number of carbonyl (C=O) groups is 3. The summed E-state index contributed by atoms with van der Waals surface area (Å²) in [6.45, 7) is 4.09. The van der Waals surface area contributed by atoms with Gasteiger partial charge >= 0.3 is 0 Å². The summed E-state index contributed by atoms with van der Waals surface area (Å²) in [5.74, 6) is -0.454. The molecule has 7 heteroatoms. The number of H-pyrrole nitrogens is 1. The van der Waals surface area contributed by atoms with Crippen LogP contribution in [0.3, 0.4) is 0 Å². The first-order chi connectivity index (χ1) is 12.9. The number of likely N-dealkylation sites (tertiary alicyclic amines) is 1. The first-order valence-corrected chi connectivity index (χ1v) is 9.28. The van der Waals surface area contributed by atoms with Crippen LogP contribution in [0, 0.1) is 0 Å². The van der Waals surface area contributed by atoms with E-state index in [2.05, 4.69) is 10.3 Å². The largest absolute Gasteiger partial charge is 0.357 e. The molecular formula is C20H24N4O3. The maximum Gasteiger partial charge on any atom is 0.249 e. The summed E-state index contributed by atoms with van der Waals surface area (Å²) >= 11 is 0. The fraction of sp³-hybridized carbons (Fsp3) is 0.450. The second-order valence-corrected chi connectivity index (χ2v) is 7.48. The van der Waals surface area contributed by atoms with E-state index in [0.29, 0.717) is 25.9 Å². The number of nitrogens with one attached hydrogen (secondary N) is 2.